The number of benzene rings is 1. The van der Waals surface area contributed by atoms with E-state index < -0.39 is 5.82 Å². The lowest BCUT2D eigenvalue weighted by Crippen LogP contribution is -2.14. The molecule has 0 fully saturated rings. The maximum atomic E-state index is 13.6. The Hall–Kier alpha value is -1.68. The second-order valence-electron chi connectivity index (χ2n) is 3.66. The fraction of sp³-hybridized carbons (Fsp3) is 0.167. The maximum absolute atomic E-state index is 13.6. The van der Waals surface area contributed by atoms with Crippen LogP contribution in [0.2, 0.25) is 5.28 Å². The molecule has 0 unspecified atom stereocenters. The summed E-state index contributed by atoms with van der Waals surface area (Å²) >= 11 is 5.67. The maximum Gasteiger partial charge on any atom is 0.224 e. The number of hydrogen-bond acceptors (Lipinski definition) is 3. The van der Waals surface area contributed by atoms with Gasteiger partial charge >= 0.3 is 0 Å². The predicted octanol–water partition coefficient (Wildman–Crippen LogP) is 3.35. The van der Waals surface area contributed by atoms with Gasteiger partial charge < -0.3 is 4.90 Å². The van der Waals surface area contributed by atoms with Gasteiger partial charge in [-0.2, -0.15) is 4.98 Å². The Bertz CT molecular complexity index is 545. The molecule has 0 saturated heterocycles. The number of aromatic nitrogens is 2. The van der Waals surface area contributed by atoms with Crippen LogP contribution in [0.3, 0.4) is 0 Å². The molecule has 5 heteroatoms. The van der Waals surface area contributed by atoms with E-state index in [9.17, 15) is 4.39 Å². The molecule has 88 valence electrons. The van der Waals surface area contributed by atoms with E-state index in [-0.39, 0.29) is 11.1 Å². The highest BCUT2D eigenvalue weighted by atomic mass is 35.5. The molecule has 0 aliphatic carbocycles. The van der Waals surface area contributed by atoms with Crippen LogP contribution in [0.25, 0.3) is 0 Å². The number of hydrogen-bond donors (Lipinski definition) is 0. The summed E-state index contributed by atoms with van der Waals surface area (Å²) in [6.45, 7) is 1.95. The van der Waals surface area contributed by atoms with Gasteiger partial charge in [-0.05, 0) is 30.2 Å². The van der Waals surface area contributed by atoms with E-state index in [0.717, 1.165) is 17.4 Å². The average molecular weight is 252 g/mol. The Kier molecular flexibility index (Phi) is 3.24. The van der Waals surface area contributed by atoms with E-state index in [1.54, 1.807) is 11.9 Å². The molecular formula is C12H11ClFN3. The van der Waals surface area contributed by atoms with E-state index in [1.807, 2.05) is 31.2 Å². The van der Waals surface area contributed by atoms with Crippen LogP contribution >= 0.6 is 11.6 Å². The lowest BCUT2D eigenvalue weighted by Gasteiger charge is -2.20. The lowest BCUT2D eigenvalue weighted by atomic mass is 10.2. The van der Waals surface area contributed by atoms with Crippen molar-refractivity contribution in [3.63, 3.8) is 0 Å². The Morgan fingerprint density at radius 1 is 1.29 bits per heavy atom. The molecule has 0 amide bonds. The third kappa shape index (κ3) is 2.36. The molecule has 3 nitrogen and oxygen atoms in total. The molecule has 17 heavy (non-hydrogen) atoms. The quantitative estimate of drug-likeness (QED) is 0.767. The fourth-order valence-corrected chi connectivity index (χ4v) is 1.76. The van der Waals surface area contributed by atoms with Crippen LogP contribution < -0.4 is 4.90 Å². The molecule has 0 bridgehead atoms. The lowest BCUT2D eigenvalue weighted by molar-refractivity contribution is 0.613. The first-order chi connectivity index (χ1) is 8.09. The average Bonchev–Trinajstić information content (AvgIpc) is 2.32. The summed E-state index contributed by atoms with van der Waals surface area (Å²) < 4.78 is 13.6. The summed E-state index contributed by atoms with van der Waals surface area (Å²) in [7, 11) is 1.74. The zero-order valence-corrected chi connectivity index (χ0v) is 10.2. The van der Waals surface area contributed by atoms with Gasteiger partial charge in [0.15, 0.2) is 11.6 Å². The van der Waals surface area contributed by atoms with Crippen molar-refractivity contribution in [1.82, 2.24) is 9.97 Å². The molecule has 1 heterocycles. The first kappa shape index (κ1) is 11.8. The first-order valence-electron chi connectivity index (χ1n) is 5.07. The van der Waals surface area contributed by atoms with Crippen LogP contribution in [0, 0.1) is 12.7 Å². The Morgan fingerprint density at radius 2 is 2.00 bits per heavy atom. The van der Waals surface area contributed by atoms with E-state index in [1.165, 1.54) is 0 Å². The zero-order valence-electron chi connectivity index (χ0n) is 9.48. The standard InChI is InChI=1S/C12H11ClFN3/c1-8-5-3-4-6-10(8)17(2)11-9(14)7-15-12(13)16-11/h3-7H,1-2H3. The van der Waals surface area contributed by atoms with Gasteiger partial charge in [0.1, 0.15) is 0 Å². The highest BCUT2D eigenvalue weighted by Crippen LogP contribution is 2.27. The Morgan fingerprint density at radius 3 is 2.71 bits per heavy atom. The van der Waals surface area contributed by atoms with Gasteiger partial charge in [0.25, 0.3) is 0 Å². The highest BCUT2D eigenvalue weighted by molar-refractivity contribution is 6.28. The SMILES string of the molecule is Cc1ccccc1N(C)c1nc(Cl)ncc1F. The molecule has 0 aliphatic rings. The third-order valence-corrected chi connectivity index (χ3v) is 2.67. The number of anilines is 2. The molecule has 0 saturated carbocycles. The zero-order chi connectivity index (χ0) is 12.4. The smallest absolute Gasteiger partial charge is 0.224 e. The fourth-order valence-electron chi connectivity index (χ4n) is 1.63. The molecule has 0 N–H and O–H groups in total. The number of aryl methyl sites for hydroxylation is 1. The second kappa shape index (κ2) is 4.67. The van der Waals surface area contributed by atoms with Crippen molar-refractivity contribution in [3.05, 3.63) is 47.1 Å². The number of halogens is 2. The topological polar surface area (TPSA) is 29.0 Å². The van der Waals surface area contributed by atoms with Gasteiger partial charge in [-0.1, -0.05) is 18.2 Å². The monoisotopic (exact) mass is 251 g/mol. The van der Waals surface area contributed by atoms with Crippen LogP contribution in [-0.2, 0) is 0 Å². The summed E-state index contributed by atoms with van der Waals surface area (Å²) in [5, 5.41) is 0.0295. The molecular weight excluding hydrogens is 241 g/mol. The van der Waals surface area contributed by atoms with Crippen LogP contribution in [0.15, 0.2) is 30.5 Å². The largest absolute Gasteiger partial charge is 0.327 e. The number of para-hydroxylation sites is 1. The highest BCUT2D eigenvalue weighted by Gasteiger charge is 2.13. The number of rotatable bonds is 2. The third-order valence-electron chi connectivity index (χ3n) is 2.49. The van der Waals surface area contributed by atoms with E-state index in [2.05, 4.69) is 9.97 Å². The normalized spacial score (nSPS) is 10.4. The van der Waals surface area contributed by atoms with Crippen molar-refractivity contribution in [3.8, 4) is 0 Å². The minimum atomic E-state index is -0.500. The minimum Gasteiger partial charge on any atom is -0.327 e. The molecule has 1 aromatic heterocycles. The minimum absolute atomic E-state index is 0.0295. The summed E-state index contributed by atoms with van der Waals surface area (Å²) in [5.74, 6) is -0.334. The molecule has 0 atom stereocenters. The summed E-state index contributed by atoms with van der Waals surface area (Å²) in [5.41, 5.74) is 1.91. The summed E-state index contributed by atoms with van der Waals surface area (Å²) in [4.78, 5) is 9.14. The van der Waals surface area contributed by atoms with Crippen LogP contribution in [-0.4, -0.2) is 17.0 Å². The Balaban J connectivity index is 2.47. The second-order valence-corrected chi connectivity index (χ2v) is 3.99. The van der Waals surface area contributed by atoms with Gasteiger partial charge in [-0.25, -0.2) is 9.37 Å². The molecule has 1 aromatic carbocycles. The van der Waals surface area contributed by atoms with Crippen LogP contribution in [0.1, 0.15) is 5.56 Å². The molecule has 0 spiro atoms. The van der Waals surface area contributed by atoms with Gasteiger partial charge in [0.2, 0.25) is 5.28 Å². The van der Waals surface area contributed by atoms with Crippen molar-refractivity contribution in [2.75, 3.05) is 11.9 Å². The van der Waals surface area contributed by atoms with E-state index >= 15 is 0 Å². The predicted molar refractivity (Wildman–Crippen MR) is 66.2 cm³/mol. The Labute approximate surface area is 104 Å². The van der Waals surface area contributed by atoms with Crippen molar-refractivity contribution in [1.29, 1.82) is 0 Å². The van der Waals surface area contributed by atoms with Gasteiger partial charge in [0, 0.05) is 12.7 Å². The van der Waals surface area contributed by atoms with E-state index in [4.69, 9.17) is 11.6 Å². The van der Waals surface area contributed by atoms with Crippen molar-refractivity contribution in [2.24, 2.45) is 0 Å². The van der Waals surface area contributed by atoms with Crippen LogP contribution in [0.5, 0.6) is 0 Å². The van der Waals surface area contributed by atoms with Crippen molar-refractivity contribution >= 4 is 23.1 Å². The first-order valence-corrected chi connectivity index (χ1v) is 5.45. The summed E-state index contributed by atoms with van der Waals surface area (Å²) in [6.07, 6.45) is 1.07. The molecule has 2 rings (SSSR count). The molecule has 0 radical (unpaired) electrons. The van der Waals surface area contributed by atoms with Gasteiger partial charge in [0.05, 0.1) is 6.20 Å². The van der Waals surface area contributed by atoms with Crippen molar-refractivity contribution < 1.29 is 4.39 Å². The van der Waals surface area contributed by atoms with Gasteiger partial charge in [-0.15, -0.1) is 0 Å². The van der Waals surface area contributed by atoms with Crippen LogP contribution in [0.4, 0.5) is 15.9 Å². The van der Waals surface area contributed by atoms with E-state index in [0.29, 0.717) is 0 Å². The summed E-state index contributed by atoms with van der Waals surface area (Å²) in [6, 6.07) is 7.66. The van der Waals surface area contributed by atoms with Gasteiger partial charge in [-0.3, -0.25) is 0 Å². The molecule has 0 aliphatic heterocycles. The molecule has 2 aromatic rings. The van der Waals surface area contributed by atoms with Crippen molar-refractivity contribution in [2.45, 2.75) is 6.92 Å². The number of nitrogens with zero attached hydrogens (tertiary/aromatic N) is 3.